The largest absolute Gasteiger partial charge is 0.267 e. The summed E-state index contributed by atoms with van der Waals surface area (Å²) in [7, 11) is 1.80. The van der Waals surface area contributed by atoms with Crippen molar-refractivity contribution >= 4 is 12.4 Å². The number of aliphatic imine (C=N–C) groups is 2. The zero-order chi connectivity index (χ0) is 14.0. The third kappa shape index (κ3) is 6.67. The number of tetrazole rings is 1. The molecule has 0 aliphatic carbocycles. The van der Waals surface area contributed by atoms with Crippen molar-refractivity contribution in [3.05, 3.63) is 18.2 Å². The molecule has 0 saturated heterocycles. The maximum absolute atomic E-state index is 3.99. The van der Waals surface area contributed by atoms with Crippen molar-refractivity contribution in [3.63, 3.8) is 0 Å². The molecule has 1 aromatic heterocycles. The highest BCUT2D eigenvalue weighted by Gasteiger charge is 2.10. The molecule has 6 nitrogen and oxygen atoms in total. The first-order valence-corrected chi connectivity index (χ1v) is 5.94. The van der Waals surface area contributed by atoms with E-state index in [9.17, 15) is 0 Å². The van der Waals surface area contributed by atoms with Crippen LogP contribution in [0.2, 0.25) is 0 Å². The number of rotatable bonds is 0. The van der Waals surface area contributed by atoms with Gasteiger partial charge in [-0.3, -0.25) is 9.98 Å². The molecule has 0 unspecified atom stereocenters. The fourth-order valence-electron chi connectivity index (χ4n) is 0.855. The first-order chi connectivity index (χ1) is 8.51. The molecule has 0 atom stereocenters. The molecule has 0 aromatic carbocycles. The molecule has 0 amide bonds. The number of nitrogens with zero attached hydrogens (tertiary/aromatic N) is 6. The molecular weight excluding hydrogens is 228 g/mol. The lowest BCUT2D eigenvalue weighted by molar-refractivity contribution is 0.695. The highest BCUT2D eigenvalue weighted by atomic mass is 15.5. The van der Waals surface area contributed by atoms with Crippen LogP contribution in [0, 0.1) is 12.3 Å². The summed E-state index contributed by atoms with van der Waals surface area (Å²) in [4.78, 5) is 7.99. The van der Waals surface area contributed by atoms with Crippen LogP contribution in [0.3, 0.4) is 0 Å². The minimum absolute atomic E-state index is 0.0174. The third-order valence-electron chi connectivity index (χ3n) is 1.89. The molecule has 0 saturated carbocycles. The van der Waals surface area contributed by atoms with Crippen LogP contribution in [0.1, 0.15) is 33.5 Å². The Bertz CT molecular complexity index is 379. The smallest absolute Gasteiger partial charge is 0.147 e. The van der Waals surface area contributed by atoms with Gasteiger partial charge in [0, 0.05) is 37.3 Å². The summed E-state index contributed by atoms with van der Waals surface area (Å²) in [6, 6.07) is 0. The van der Waals surface area contributed by atoms with E-state index in [1.54, 1.807) is 24.1 Å². The van der Waals surface area contributed by atoms with Gasteiger partial charge in [0.1, 0.15) is 5.82 Å². The lowest BCUT2D eigenvalue weighted by Gasteiger charge is -2.08. The van der Waals surface area contributed by atoms with E-state index in [4.69, 9.17) is 0 Å². The van der Waals surface area contributed by atoms with Crippen molar-refractivity contribution in [2.45, 2.75) is 34.6 Å². The SMILES string of the molecule is CC.CC1(C)C=NC=CN=C1.Cc1nnnn1C. The molecule has 1 aliphatic rings. The Morgan fingerprint density at radius 1 is 1.06 bits per heavy atom. The standard InChI is InChI=1S/C7H10N2.C3H6N4.C2H6/c1-7(2)5-8-3-4-9-6-7;1-3-4-5-6-7(3)2;1-2/h3-6H,1-2H3;1-2H3;1-2H3. The highest BCUT2D eigenvalue weighted by Crippen LogP contribution is 2.09. The summed E-state index contributed by atoms with van der Waals surface area (Å²) in [6.45, 7) is 9.97. The van der Waals surface area contributed by atoms with Gasteiger partial charge >= 0.3 is 0 Å². The molecule has 2 heterocycles. The lowest BCUT2D eigenvalue weighted by Crippen LogP contribution is -2.13. The summed E-state index contributed by atoms with van der Waals surface area (Å²) < 4.78 is 1.61. The number of hydrogen-bond acceptors (Lipinski definition) is 5. The van der Waals surface area contributed by atoms with E-state index in [1.165, 1.54) is 0 Å². The monoisotopic (exact) mass is 250 g/mol. The summed E-state index contributed by atoms with van der Waals surface area (Å²) in [6.07, 6.45) is 7.12. The van der Waals surface area contributed by atoms with Crippen LogP contribution in [0.4, 0.5) is 0 Å². The van der Waals surface area contributed by atoms with Gasteiger partial charge in [-0.1, -0.05) is 13.8 Å². The van der Waals surface area contributed by atoms with Crippen molar-refractivity contribution in [2.24, 2.45) is 22.4 Å². The normalized spacial score (nSPS) is 15.0. The van der Waals surface area contributed by atoms with E-state index in [-0.39, 0.29) is 5.41 Å². The van der Waals surface area contributed by atoms with Crippen molar-refractivity contribution < 1.29 is 0 Å². The molecule has 6 heteroatoms. The molecule has 1 aromatic rings. The molecule has 1 aliphatic heterocycles. The Morgan fingerprint density at radius 3 is 1.83 bits per heavy atom. The molecule has 18 heavy (non-hydrogen) atoms. The Hall–Kier alpha value is -1.85. The molecule has 0 bridgehead atoms. The lowest BCUT2D eigenvalue weighted by atomic mass is 9.98. The predicted octanol–water partition coefficient (Wildman–Crippen LogP) is 2.18. The van der Waals surface area contributed by atoms with E-state index in [2.05, 4.69) is 39.4 Å². The zero-order valence-corrected chi connectivity index (χ0v) is 12.0. The first-order valence-electron chi connectivity index (χ1n) is 5.94. The van der Waals surface area contributed by atoms with Crippen molar-refractivity contribution in [1.82, 2.24) is 20.2 Å². The van der Waals surface area contributed by atoms with Crippen LogP contribution in [0.15, 0.2) is 22.4 Å². The number of aromatic nitrogens is 4. The molecule has 100 valence electrons. The van der Waals surface area contributed by atoms with Gasteiger partial charge in [-0.05, 0) is 31.2 Å². The fourth-order valence-corrected chi connectivity index (χ4v) is 0.855. The van der Waals surface area contributed by atoms with Crippen LogP contribution in [0.5, 0.6) is 0 Å². The maximum Gasteiger partial charge on any atom is 0.147 e. The van der Waals surface area contributed by atoms with Gasteiger partial charge in [0.05, 0.1) is 0 Å². The van der Waals surface area contributed by atoms with Crippen molar-refractivity contribution in [1.29, 1.82) is 0 Å². The third-order valence-corrected chi connectivity index (χ3v) is 1.89. The fraction of sp³-hybridized carbons (Fsp3) is 0.583. The Balaban J connectivity index is 0.000000289. The minimum atomic E-state index is 0.0174. The summed E-state index contributed by atoms with van der Waals surface area (Å²) >= 11 is 0. The zero-order valence-electron chi connectivity index (χ0n) is 12.0. The quantitative estimate of drug-likeness (QED) is 0.708. The number of hydrogen-bond donors (Lipinski definition) is 0. The number of aryl methyl sites for hydroxylation is 2. The van der Waals surface area contributed by atoms with Crippen LogP contribution in [-0.2, 0) is 7.05 Å². The Morgan fingerprint density at radius 2 is 1.56 bits per heavy atom. The molecule has 0 spiro atoms. The first kappa shape index (κ1) is 16.1. The van der Waals surface area contributed by atoms with E-state index in [0.717, 1.165) is 5.82 Å². The highest BCUT2D eigenvalue weighted by molar-refractivity contribution is 5.89. The average molecular weight is 250 g/mol. The van der Waals surface area contributed by atoms with Gasteiger partial charge in [0.15, 0.2) is 0 Å². The van der Waals surface area contributed by atoms with Gasteiger partial charge < -0.3 is 0 Å². The average Bonchev–Trinajstić information content (AvgIpc) is 2.60. The molecule has 0 radical (unpaired) electrons. The maximum atomic E-state index is 3.99. The Kier molecular flexibility index (Phi) is 7.42. The van der Waals surface area contributed by atoms with E-state index < -0.39 is 0 Å². The second-order valence-electron chi connectivity index (χ2n) is 4.03. The van der Waals surface area contributed by atoms with Crippen LogP contribution in [0.25, 0.3) is 0 Å². The summed E-state index contributed by atoms with van der Waals surface area (Å²) in [5.74, 6) is 0.833. The van der Waals surface area contributed by atoms with Crippen LogP contribution >= 0.6 is 0 Å². The van der Waals surface area contributed by atoms with Gasteiger partial charge in [0.2, 0.25) is 0 Å². The second-order valence-corrected chi connectivity index (χ2v) is 4.03. The Labute approximate surface area is 109 Å². The van der Waals surface area contributed by atoms with Crippen LogP contribution < -0.4 is 0 Å². The van der Waals surface area contributed by atoms with Gasteiger partial charge in [-0.25, -0.2) is 4.68 Å². The molecule has 0 fully saturated rings. The van der Waals surface area contributed by atoms with Gasteiger partial charge in [-0.15, -0.1) is 5.10 Å². The van der Waals surface area contributed by atoms with E-state index in [0.29, 0.717) is 0 Å². The summed E-state index contributed by atoms with van der Waals surface area (Å²) in [5.41, 5.74) is 0.0174. The molecule has 0 N–H and O–H groups in total. The summed E-state index contributed by atoms with van der Waals surface area (Å²) in [5, 5.41) is 10.6. The van der Waals surface area contributed by atoms with Crippen molar-refractivity contribution in [3.8, 4) is 0 Å². The topological polar surface area (TPSA) is 68.3 Å². The minimum Gasteiger partial charge on any atom is -0.267 e. The predicted molar refractivity (Wildman–Crippen MR) is 74.8 cm³/mol. The molecular formula is C12H22N6. The second kappa shape index (κ2) is 8.27. The van der Waals surface area contributed by atoms with E-state index >= 15 is 0 Å². The van der Waals surface area contributed by atoms with Crippen molar-refractivity contribution in [2.75, 3.05) is 0 Å². The molecule has 2 rings (SSSR count). The van der Waals surface area contributed by atoms with Gasteiger partial charge in [-0.2, -0.15) is 0 Å². The van der Waals surface area contributed by atoms with Crippen LogP contribution in [-0.4, -0.2) is 32.6 Å². The van der Waals surface area contributed by atoms with E-state index in [1.807, 2.05) is 33.2 Å². The van der Waals surface area contributed by atoms with Gasteiger partial charge in [0.25, 0.3) is 0 Å².